The minimum Gasteiger partial charge on any atom is -0.382 e. The van der Waals surface area contributed by atoms with Crippen LogP contribution < -0.4 is 10.6 Å². The van der Waals surface area contributed by atoms with Crippen LogP contribution in [0.4, 0.5) is 11.5 Å². The van der Waals surface area contributed by atoms with E-state index in [4.69, 9.17) is 20.2 Å². The summed E-state index contributed by atoms with van der Waals surface area (Å²) in [4.78, 5) is 23.7. The van der Waals surface area contributed by atoms with Gasteiger partial charge in [0.05, 0.1) is 17.1 Å². The van der Waals surface area contributed by atoms with Crippen LogP contribution in [0.25, 0.3) is 21.9 Å². The Kier molecular flexibility index (Phi) is 6.91. The van der Waals surface area contributed by atoms with E-state index in [1.807, 2.05) is 43.9 Å². The lowest BCUT2D eigenvalue weighted by molar-refractivity contribution is -0.119. The van der Waals surface area contributed by atoms with Gasteiger partial charge in [-0.1, -0.05) is 0 Å². The first-order valence-electron chi connectivity index (χ1n) is 11.6. The van der Waals surface area contributed by atoms with Crippen molar-refractivity contribution in [1.82, 2.24) is 14.5 Å². The molecule has 8 nitrogen and oxygen atoms in total. The lowest BCUT2D eigenvalue weighted by Gasteiger charge is -2.27. The number of nitrogens with zero attached hydrogens (tertiary/aromatic N) is 4. The molecule has 1 amide bonds. The Morgan fingerprint density at radius 3 is 2.81 bits per heavy atom. The molecule has 4 rings (SSSR count). The lowest BCUT2D eigenvalue weighted by Crippen LogP contribution is -2.35. The zero-order valence-corrected chi connectivity index (χ0v) is 19.3. The van der Waals surface area contributed by atoms with E-state index >= 15 is 0 Å². The van der Waals surface area contributed by atoms with Gasteiger partial charge in [-0.2, -0.15) is 0 Å². The number of carbonyl (C=O) groups is 1. The maximum absolute atomic E-state index is 12.4. The first kappa shape index (κ1) is 22.5. The number of aromatic nitrogens is 3. The number of amides is 1. The normalized spacial score (nSPS) is 14.9. The number of nitrogen functional groups attached to an aromatic ring is 1. The molecule has 2 aromatic heterocycles. The van der Waals surface area contributed by atoms with Crippen molar-refractivity contribution in [2.24, 2.45) is 0 Å². The zero-order valence-electron chi connectivity index (χ0n) is 19.3. The molecule has 1 aromatic carbocycles. The number of hydrogen-bond donors (Lipinski definition) is 1. The summed E-state index contributed by atoms with van der Waals surface area (Å²) in [7, 11) is 0. The quantitative estimate of drug-likeness (QED) is 0.506. The standard InChI is InChI=1S/C24H33N5O3/c1-4-31-15-20-27-22-23(29(20)12-7-13-32-16(2)3)18-10-9-17(14-19(18)26-24(22)25)28-11-6-5-8-21(28)30/h9-10,14,16H,4-8,11-13,15H2,1-3H3,(H2,25,26). The van der Waals surface area contributed by atoms with E-state index in [9.17, 15) is 4.79 Å². The number of nitrogens with two attached hydrogens (primary N) is 1. The molecule has 3 heterocycles. The van der Waals surface area contributed by atoms with Crippen molar-refractivity contribution in [2.45, 2.75) is 65.7 Å². The number of pyridine rings is 1. The highest BCUT2D eigenvalue weighted by molar-refractivity contribution is 6.08. The molecule has 0 saturated carbocycles. The van der Waals surface area contributed by atoms with Crippen molar-refractivity contribution in [3.8, 4) is 0 Å². The number of anilines is 2. The number of rotatable bonds is 9. The molecule has 2 N–H and O–H groups in total. The minimum absolute atomic E-state index is 0.166. The number of carbonyl (C=O) groups excluding carboxylic acids is 1. The molecule has 1 aliphatic rings. The van der Waals surface area contributed by atoms with Gasteiger partial charge in [-0.25, -0.2) is 9.97 Å². The second-order valence-corrected chi connectivity index (χ2v) is 8.49. The summed E-state index contributed by atoms with van der Waals surface area (Å²) in [6, 6.07) is 6.01. The van der Waals surface area contributed by atoms with E-state index in [1.54, 1.807) is 0 Å². The first-order chi connectivity index (χ1) is 15.5. The van der Waals surface area contributed by atoms with Gasteiger partial charge < -0.3 is 24.7 Å². The van der Waals surface area contributed by atoms with E-state index in [2.05, 4.69) is 9.55 Å². The van der Waals surface area contributed by atoms with E-state index in [1.165, 1.54) is 0 Å². The zero-order chi connectivity index (χ0) is 22.7. The van der Waals surface area contributed by atoms with Gasteiger partial charge in [0, 0.05) is 43.8 Å². The molecule has 0 atom stereocenters. The second-order valence-electron chi connectivity index (χ2n) is 8.49. The summed E-state index contributed by atoms with van der Waals surface area (Å²) in [5.74, 6) is 1.39. The Bertz CT molecular complexity index is 1110. The van der Waals surface area contributed by atoms with Gasteiger partial charge in [0.25, 0.3) is 0 Å². The fourth-order valence-corrected chi connectivity index (χ4v) is 4.28. The maximum Gasteiger partial charge on any atom is 0.226 e. The number of piperidine rings is 1. The first-order valence-corrected chi connectivity index (χ1v) is 11.6. The van der Waals surface area contributed by atoms with Gasteiger partial charge in [0.1, 0.15) is 17.9 Å². The monoisotopic (exact) mass is 439 g/mol. The summed E-state index contributed by atoms with van der Waals surface area (Å²) < 4.78 is 13.6. The Morgan fingerprint density at radius 1 is 1.22 bits per heavy atom. The molecular weight excluding hydrogens is 406 g/mol. The van der Waals surface area contributed by atoms with E-state index in [0.717, 1.165) is 60.3 Å². The fraction of sp³-hybridized carbons (Fsp3) is 0.542. The van der Waals surface area contributed by atoms with Crippen LogP contribution in [0.15, 0.2) is 18.2 Å². The van der Waals surface area contributed by atoms with E-state index < -0.39 is 0 Å². The number of fused-ring (bicyclic) bond motifs is 3. The van der Waals surface area contributed by atoms with Crippen LogP contribution in [0.1, 0.15) is 52.3 Å². The maximum atomic E-state index is 12.4. The van der Waals surface area contributed by atoms with Crippen molar-refractivity contribution in [3.05, 3.63) is 24.0 Å². The van der Waals surface area contributed by atoms with Crippen LogP contribution in [-0.4, -0.2) is 46.3 Å². The molecule has 0 spiro atoms. The number of aryl methyl sites for hydroxylation is 1. The number of benzene rings is 1. The van der Waals surface area contributed by atoms with Crippen LogP contribution in [0, 0.1) is 0 Å². The summed E-state index contributed by atoms with van der Waals surface area (Å²) in [5, 5.41) is 0.974. The van der Waals surface area contributed by atoms with Gasteiger partial charge in [-0.3, -0.25) is 4.79 Å². The average molecular weight is 440 g/mol. The number of ether oxygens (including phenoxy) is 2. The van der Waals surface area contributed by atoms with Gasteiger partial charge in [-0.15, -0.1) is 0 Å². The summed E-state index contributed by atoms with van der Waals surface area (Å²) in [6.45, 7) is 9.24. The van der Waals surface area contributed by atoms with Crippen LogP contribution in [-0.2, 0) is 27.4 Å². The minimum atomic E-state index is 0.166. The molecule has 0 aliphatic carbocycles. The molecular formula is C24H33N5O3. The average Bonchev–Trinajstić information content (AvgIpc) is 3.14. The Balaban J connectivity index is 1.77. The molecule has 0 bridgehead atoms. The molecule has 0 radical (unpaired) electrons. The third kappa shape index (κ3) is 4.56. The number of imidazole rings is 1. The molecule has 32 heavy (non-hydrogen) atoms. The van der Waals surface area contributed by atoms with Crippen molar-refractivity contribution in [2.75, 3.05) is 30.4 Å². The smallest absolute Gasteiger partial charge is 0.226 e. The van der Waals surface area contributed by atoms with Gasteiger partial charge in [0.15, 0.2) is 5.82 Å². The van der Waals surface area contributed by atoms with Crippen molar-refractivity contribution in [1.29, 1.82) is 0 Å². The topological polar surface area (TPSA) is 95.5 Å². The van der Waals surface area contributed by atoms with Gasteiger partial charge >= 0.3 is 0 Å². The predicted molar refractivity (Wildman–Crippen MR) is 127 cm³/mol. The summed E-state index contributed by atoms with van der Waals surface area (Å²) in [6.07, 6.45) is 3.63. The van der Waals surface area contributed by atoms with Crippen LogP contribution in [0.5, 0.6) is 0 Å². The highest BCUT2D eigenvalue weighted by atomic mass is 16.5. The lowest BCUT2D eigenvalue weighted by atomic mass is 10.1. The Hall–Kier alpha value is -2.71. The largest absolute Gasteiger partial charge is 0.382 e. The molecule has 172 valence electrons. The molecule has 3 aromatic rings. The van der Waals surface area contributed by atoms with Crippen molar-refractivity contribution in [3.63, 3.8) is 0 Å². The fourth-order valence-electron chi connectivity index (χ4n) is 4.28. The molecule has 1 fully saturated rings. The highest BCUT2D eigenvalue weighted by Gasteiger charge is 2.22. The summed E-state index contributed by atoms with van der Waals surface area (Å²) >= 11 is 0. The third-order valence-corrected chi connectivity index (χ3v) is 5.81. The van der Waals surface area contributed by atoms with Gasteiger partial charge in [-0.05, 0) is 58.2 Å². The SMILES string of the molecule is CCOCc1nc2c(N)nc3cc(N4CCCCC4=O)ccc3c2n1CCCOC(C)C. The molecule has 0 unspecified atom stereocenters. The van der Waals surface area contributed by atoms with Crippen LogP contribution in [0.2, 0.25) is 0 Å². The highest BCUT2D eigenvalue weighted by Crippen LogP contribution is 2.32. The predicted octanol–water partition coefficient (Wildman–Crippen LogP) is 4.04. The number of hydrogen-bond acceptors (Lipinski definition) is 6. The third-order valence-electron chi connectivity index (χ3n) is 5.81. The van der Waals surface area contributed by atoms with Crippen molar-refractivity contribution >= 4 is 39.3 Å². The Labute approximate surface area is 188 Å². The Morgan fingerprint density at radius 2 is 2.06 bits per heavy atom. The van der Waals surface area contributed by atoms with E-state index in [0.29, 0.717) is 37.6 Å². The van der Waals surface area contributed by atoms with Crippen LogP contribution in [0.3, 0.4) is 0 Å². The van der Waals surface area contributed by atoms with Gasteiger partial charge in [0.2, 0.25) is 5.91 Å². The van der Waals surface area contributed by atoms with Crippen LogP contribution >= 0.6 is 0 Å². The molecule has 8 heteroatoms. The van der Waals surface area contributed by atoms with Crippen molar-refractivity contribution < 1.29 is 14.3 Å². The molecule has 1 aliphatic heterocycles. The summed E-state index contributed by atoms with van der Waals surface area (Å²) in [5.41, 5.74) is 9.65. The second kappa shape index (κ2) is 9.83. The molecule has 1 saturated heterocycles. The van der Waals surface area contributed by atoms with E-state index in [-0.39, 0.29) is 12.0 Å².